The average Bonchev–Trinajstić information content (AvgIpc) is 3.27. The molecule has 2 aromatic heterocycles. The second kappa shape index (κ2) is 6.41. The van der Waals surface area contributed by atoms with Gasteiger partial charge in [0.15, 0.2) is 11.6 Å². The van der Waals surface area contributed by atoms with Crippen molar-refractivity contribution in [2.24, 2.45) is 0 Å². The van der Waals surface area contributed by atoms with E-state index in [-0.39, 0.29) is 23.3 Å². The molecule has 1 saturated heterocycles. The van der Waals surface area contributed by atoms with Crippen LogP contribution in [0.5, 0.6) is 5.75 Å². The van der Waals surface area contributed by atoms with Crippen LogP contribution < -0.4 is 9.64 Å². The fraction of sp³-hybridized carbons (Fsp3) is 0.450. The van der Waals surface area contributed by atoms with Crippen LogP contribution in [0.4, 0.5) is 10.2 Å². The first-order valence-electron chi connectivity index (χ1n) is 9.56. The van der Waals surface area contributed by atoms with Crippen LogP contribution >= 0.6 is 0 Å². The minimum absolute atomic E-state index is 0.157. The number of aromatic amines is 1. The summed E-state index contributed by atoms with van der Waals surface area (Å²) >= 11 is 0. The number of H-pyrrole nitrogens is 1. The lowest BCUT2D eigenvalue weighted by Crippen LogP contribution is -2.41. The Balaban J connectivity index is 1.52. The normalized spacial score (nSPS) is 21.1. The Bertz CT molecular complexity index is 1030. The van der Waals surface area contributed by atoms with Gasteiger partial charge in [-0.1, -0.05) is 0 Å². The van der Waals surface area contributed by atoms with Gasteiger partial charge in [-0.3, -0.25) is 5.10 Å². The molecular weight excluding hydrogens is 361 g/mol. The summed E-state index contributed by atoms with van der Waals surface area (Å²) in [6.07, 6.45) is 3.58. The zero-order valence-corrected chi connectivity index (χ0v) is 15.9. The molecule has 0 unspecified atom stereocenters. The van der Waals surface area contributed by atoms with Crippen LogP contribution in [-0.2, 0) is 4.74 Å². The van der Waals surface area contributed by atoms with Gasteiger partial charge < -0.3 is 14.4 Å². The maximum Gasteiger partial charge on any atom is 0.167 e. The Labute approximate surface area is 161 Å². The monoisotopic (exact) mass is 383 g/mol. The number of anilines is 1. The number of rotatable bonds is 4. The molecule has 1 atom stereocenters. The molecule has 1 aromatic carbocycles. The van der Waals surface area contributed by atoms with E-state index in [1.807, 2.05) is 19.9 Å². The maximum atomic E-state index is 14.4. The summed E-state index contributed by atoms with van der Waals surface area (Å²) in [6, 6.07) is 5.06. The third-order valence-electron chi connectivity index (χ3n) is 5.39. The summed E-state index contributed by atoms with van der Waals surface area (Å²) in [5.41, 5.74) is 1.70. The number of hydrogen-bond donors (Lipinski definition) is 1. The second-order valence-corrected chi connectivity index (χ2v) is 7.84. The molecule has 0 spiro atoms. The fourth-order valence-corrected chi connectivity index (χ4v) is 3.51. The van der Waals surface area contributed by atoms with Gasteiger partial charge in [0.2, 0.25) is 0 Å². The lowest BCUT2D eigenvalue weighted by Gasteiger charge is -2.31. The first-order chi connectivity index (χ1) is 13.5. The van der Waals surface area contributed by atoms with Gasteiger partial charge in [0, 0.05) is 30.6 Å². The van der Waals surface area contributed by atoms with Gasteiger partial charge in [-0.05, 0) is 32.8 Å². The van der Waals surface area contributed by atoms with Crippen molar-refractivity contribution in [2.75, 3.05) is 24.6 Å². The van der Waals surface area contributed by atoms with Crippen LogP contribution in [0.25, 0.3) is 22.3 Å². The van der Waals surface area contributed by atoms with E-state index in [0.29, 0.717) is 23.5 Å². The van der Waals surface area contributed by atoms with Gasteiger partial charge in [0.25, 0.3) is 0 Å². The molecule has 1 saturated carbocycles. The van der Waals surface area contributed by atoms with Gasteiger partial charge in [0.05, 0.1) is 23.9 Å². The number of benzene rings is 1. The predicted octanol–water partition coefficient (Wildman–Crippen LogP) is 3.32. The quantitative estimate of drug-likeness (QED) is 0.745. The summed E-state index contributed by atoms with van der Waals surface area (Å²) in [5, 5.41) is 8.06. The van der Waals surface area contributed by atoms with Crippen LogP contribution in [0.15, 0.2) is 24.5 Å². The Morgan fingerprint density at radius 3 is 2.93 bits per heavy atom. The van der Waals surface area contributed by atoms with Crippen molar-refractivity contribution in [3.63, 3.8) is 0 Å². The topological polar surface area (TPSA) is 76.2 Å². The van der Waals surface area contributed by atoms with Crippen molar-refractivity contribution in [3.05, 3.63) is 30.3 Å². The molecule has 5 rings (SSSR count). The van der Waals surface area contributed by atoms with E-state index in [1.165, 1.54) is 12.4 Å². The molecule has 7 nitrogen and oxygen atoms in total. The number of halogens is 1. The SMILES string of the molecule is C[C@@H]1CN(c2cc(-c3n[nH]c4cc(F)c(OC5(C)CC5)cc34)ncn2)CCO1. The fourth-order valence-electron chi connectivity index (χ4n) is 3.51. The molecule has 3 aromatic rings. The Hall–Kier alpha value is -2.74. The van der Waals surface area contributed by atoms with Gasteiger partial charge in [-0.25, -0.2) is 14.4 Å². The molecule has 1 aliphatic heterocycles. The van der Waals surface area contributed by atoms with E-state index in [1.54, 1.807) is 6.07 Å². The summed E-state index contributed by atoms with van der Waals surface area (Å²) in [7, 11) is 0. The maximum absolute atomic E-state index is 14.4. The summed E-state index contributed by atoms with van der Waals surface area (Å²) < 4.78 is 25.9. The van der Waals surface area contributed by atoms with Crippen molar-refractivity contribution < 1.29 is 13.9 Å². The minimum Gasteiger partial charge on any atom is -0.484 e. The Kier molecular flexibility index (Phi) is 3.97. The molecule has 0 amide bonds. The van der Waals surface area contributed by atoms with Crippen LogP contribution in [-0.4, -0.2) is 51.6 Å². The Morgan fingerprint density at radius 2 is 2.14 bits per heavy atom. The molecule has 1 aliphatic carbocycles. The predicted molar refractivity (Wildman–Crippen MR) is 103 cm³/mol. The minimum atomic E-state index is -0.387. The van der Waals surface area contributed by atoms with Gasteiger partial charge >= 0.3 is 0 Å². The van der Waals surface area contributed by atoms with E-state index >= 15 is 0 Å². The number of nitrogens with zero attached hydrogens (tertiary/aromatic N) is 4. The highest BCUT2D eigenvalue weighted by Crippen LogP contribution is 2.41. The zero-order valence-electron chi connectivity index (χ0n) is 15.9. The van der Waals surface area contributed by atoms with Gasteiger partial charge in [0.1, 0.15) is 23.4 Å². The molecule has 3 heterocycles. The first-order valence-corrected chi connectivity index (χ1v) is 9.56. The van der Waals surface area contributed by atoms with Crippen LogP contribution in [0.1, 0.15) is 26.7 Å². The Morgan fingerprint density at radius 1 is 1.29 bits per heavy atom. The highest BCUT2D eigenvalue weighted by Gasteiger charge is 2.40. The number of ether oxygens (including phenoxy) is 2. The van der Waals surface area contributed by atoms with E-state index < -0.39 is 0 Å². The first kappa shape index (κ1) is 17.4. The smallest absolute Gasteiger partial charge is 0.167 e. The third-order valence-corrected chi connectivity index (χ3v) is 5.39. The lowest BCUT2D eigenvalue weighted by atomic mass is 10.1. The standard InChI is InChI=1S/C20H22FN5O2/c1-12-10-26(5-6-27-12)18-9-16(22-11-23-18)19-13-7-17(28-20(2)3-4-20)14(21)8-15(13)24-25-19/h7-9,11-12H,3-6,10H2,1-2H3,(H,24,25)/t12-/m1/s1. The molecule has 2 fully saturated rings. The molecule has 2 aliphatic rings. The molecular formula is C20H22FN5O2. The van der Waals surface area contributed by atoms with Crippen molar-refractivity contribution in [1.82, 2.24) is 20.2 Å². The third kappa shape index (κ3) is 3.17. The van der Waals surface area contributed by atoms with E-state index in [4.69, 9.17) is 9.47 Å². The number of fused-ring (bicyclic) bond motifs is 1. The van der Waals surface area contributed by atoms with Crippen molar-refractivity contribution >= 4 is 16.7 Å². The summed E-state index contributed by atoms with van der Waals surface area (Å²) in [6.45, 7) is 6.27. The lowest BCUT2D eigenvalue weighted by molar-refractivity contribution is 0.0529. The second-order valence-electron chi connectivity index (χ2n) is 7.84. The zero-order chi connectivity index (χ0) is 19.3. The number of aromatic nitrogens is 4. The van der Waals surface area contributed by atoms with E-state index in [2.05, 4.69) is 25.1 Å². The summed E-state index contributed by atoms with van der Waals surface area (Å²) in [5.74, 6) is 0.702. The van der Waals surface area contributed by atoms with E-state index in [9.17, 15) is 4.39 Å². The highest BCUT2D eigenvalue weighted by atomic mass is 19.1. The molecule has 8 heteroatoms. The number of nitrogens with one attached hydrogen (secondary N) is 1. The molecule has 28 heavy (non-hydrogen) atoms. The molecule has 146 valence electrons. The van der Waals surface area contributed by atoms with E-state index in [0.717, 1.165) is 37.1 Å². The van der Waals surface area contributed by atoms with Gasteiger partial charge in [-0.15, -0.1) is 0 Å². The van der Waals surface area contributed by atoms with Crippen molar-refractivity contribution in [1.29, 1.82) is 0 Å². The number of hydrogen-bond acceptors (Lipinski definition) is 6. The average molecular weight is 383 g/mol. The van der Waals surface area contributed by atoms with Crippen molar-refractivity contribution in [2.45, 2.75) is 38.4 Å². The summed E-state index contributed by atoms with van der Waals surface area (Å²) in [4.78, 5) is 11.0. The van der Waals surface area contributed by atoms with Crippen LogP contribution in [0.3, 0.4) is 0 Å². The number of morpholine rings is 1. The van der Waals surface area contributed by atoms with Crippen molar-refractivity contribution in [3.8, 4) is 17.1 Å². The highest BCUT2D eigenvalue weighted by molar-refractivity contribution is 5.93. The largest absolute Gasteiger partial charge is 0.484 e. The molecule has 0 bridgehead atoms. The molecule has 0 radical (unpaired) electrons. The van der Waals surface area contributed by atoms with Crippen LogP contribution in [0, 0.1) is 5.82 Å². The van der Waals surface area contributed by atoms with Gasteiger partial charge in [-0.2, -0.15) is 5.10 Å². The molecule has 1 N–H and O–H groups in total. The van der Waals surface area contributed by atoms with Crippen LogP contribution in [0.2, 0.25) is 0 Å².